The van der Waals surface area contributed by atoms with Gasteiger partial charge in [-0.2, -0.15) is 0 Å². The van der Waals surface area contributed by atoms with Crippen molar-refractivity contribution in [3.8, 4) is 0 Å². The predicted molar refractivity (Wildman–Crippen MR) is 89.6 cm³/mol. The van der Waals surface area contributed by atoms with Crippen molar-refractivity contribution in [2.75, 3.05) is 0 Å². The minimum Gasteiger partial charge on any atom is -0.307 e. The lowest BCUT2D eigenvalue weighted by atomic mass is 9.74. The van der Waals surface area contributed by atoms with E-state index in [-0.39, 0.29) is 0 Å². The molecule has 110 valence electrons. The summed E-state index contributed by atoms with van der Waals surface area (Å²) in [5, 5.41) is 3.84. The van der Waals surface area contributed by atoms with Crippen LogP contribution in [0.1, 0.15) is 54.8 Å². The predicted octanol–water partition coefficient (Wildman–Crippen LogP) is 4.98. The first-order valence-corrected chi connectivity index (χ1v) is 8.14. The highest BCUT2D eigenvalue weighted by atomic mass is 15.0. The fourth-order valence-electron chi connectivity index (χ4n) is 3.47. The van der Waals surface area contributed by atoms with Crippen LogP contribution < -0.4 is 5.32 Å². The second-order valence-electron chi connectivity index (χ2n) is 6.26. The second kappa shape index (κ2) is 6.44. The molecule has 1 nitrogen and oxygen atoms in total. The van der Waals surface area contributed by atoms with Crippen LogP contribution in [-0.2, 0) is 0 Å². The molecule has 3 rings (SSSR count). The average molecular weight is 279 g/mol. The molecule has 0 bridgehead atoms. The van der Waals surface area contributed by atoms with Gasteiger partial charge in [-0.25, -0.2) is 0 Å². The van der Waals surface area contributed by atoms with Gasteiger partial charge in [-0.05, 0) is 48.8 Å². The van der Waals surface area contributed by atoms with Gasteiger partial charge in [0.25, 0.3) is 0 Å². The van der Waals surface area contributed by atoms with E-state index >= 15 is 0 Å². The van der Waals surface area contributed by atoms with Gasteiger partial charge in [-0.3, -0.25) is 0 Å². The first kappa shape index (κ1) is 14.3. The molecule has 0 spiro atoms. The maximum atomic E-state index is 3.84. The molecule has 21 heavy (non-hydrogen) atoms. The molecule has 0 radical (unpaired) electrons. The first-order valence-electron chi connectivity index (χ1n) is 8.14. The molecule has 2 aromatic rings. The standard InChI is InChI=1S/C20H25N/c1-3-20(16-10-5-4-6-11-16)21-18-13-17(14-18)19-12-8-7-9-15(19)2/h4-12,17-18,20-21H,3,13-14H2,1-2H3. The molecule has 0 amide bonds. The molecule has 2 aromatic carbocycles. The molecule has 1 fully saturated rings. The van der Waals surface area contributed by atoms with E-state index in [1.54, 1.807) is 5.56 Å². The maximum absolute atomic E-state index is 3.84. The van der Waals surface area contributed by atoms with Crippen molar-refractivity contribution in [1.29, 1.82) is 0 Å². The lowest BCUT2D eigenvalue weighted by Gasteiger charge is -2.39. The third-order valence-corrected chi connectivity index (χ3v) is 4.81. The van der Waals surface area contributed by atoms with E-state index in [0.29, 0.717) is 12.1 Å². The van der Waals surface area contributed by atoms with Gasteiger partial charge in [0.15, 0.2) is 0 Å². The number of rotatable bonds is 5. The molecule has 1 aliphatic rings. The van der Waals surface area contributed by atoms with Crippen molar-refractivity contribution in [1.82, 2.24) is 5.32 Å². The first-order chi connectivity index (χ1) is 10.3. The number of nitrogens with one attached hydrogen (secondary N) is 1. The third kappa shape index (κ3) is 3.19. The van der Waals surface area contributed by atoms with Crippen LogP contribution in [-0.4, -0.2) is 6.04 Å². The van der Waals surface area contributed by atoms with Crippen LogP contribution in [0.5, 0.6) is 0 Å². The van der Waals surface area contributed by atoms with Gasteiger partial charge in [-0.1, -0.05) is 61.5 Å². The molecule has 1 saturated carbocycles. The summed E-state index contributed by atoms with van der Waals surface area (Å²) in [7, 11) is 0. The van der Waals surface area contributed by atoms with Gasteiger partial charge >= 0.3 is 0 Å². The van der Waals surface area contributed by atoms with Crippen LogP contribution in [0, 0.1) is 6.92 Å². The molecule has 1 N–H and O–H groups in total. The van der Waals surface area contributed by atoms with Crippen molar-refractivity contribution in [3.63, 3.8) is 0 Å². The van der Waals surface area contributed by atoms with E-state index in [1.165, 1.54) is 24.0 Å². The quantitative estimate of drug-likeness (QED) is 0.813. The zero-order valence-electron chi connectivity index (χ0n) is 13.0. The van der Waals surface area contributed by atoms with Crippen LogP contribution in [0.4, 0.5) is 0 Å². The number of hydrogen-bond donors (Lipinski definition) is 1. The zero-order chi connectivity index (χ0) is 14.7. The molecular weight excluding hydrogens is 254 g/mol. The van der Waals surface area contributed by atoms with E-state index in [9.17, 15) is 0 Å². The SMILES string of the molecule is CCC(NC1CC(c2ccccc2C)C1)c1ccccc1. The summed E-state index contributed by atoms with van der Waals surface area (Å²) in [5.74, 6) is 0.747. The Balaban J connectivity index is 1.58. The summed E-state index contributed by atoms with van der Waals surface area (Å²) in [6.45, 7) is 4.50. The zero-order valence-corrected chi connectivity index (χ0v) is 13.0. The van der Waals surface area contributed by atoms with E-state index in [1.807, 2.05) is 0 Å². The summed E-state index contributed by atoms with van der Waals surface area (Å²) in [5.41, 5.74) is 4.40. The number of hydrogen-bond acceptors (Lipinski definition) is 1. The largest absolute Gasteiger partial charge is 0.307 e. The molecule has 0 aromatic heterocycles. The minimum absolute atomic E-state index is 0.494. The molecule has 0 saturated heterocycles. The Kier molecular flexibility index (Phi) is 4.40. The van der Waals surface area contributed by atoms with Gasteiger partial charge in [0.05, 0.1) is 0 Å². The normalized spacial score (nSPS) is 22.6. The number of benzene rings is 2. The van der Waals surface area contributed by atoms with Gasteiger partial charge < -0.3 is 5.32 Å². The molecule has 1 unspecified atom stereocenters. The van der Waals surface area contributed by atoms with Crippen LogP contribution in [0.3, 0.4) is 0 Å². The molecule has 1 aliphatic carbocycles. The minimum atomic E-state index is 0.494. The van der Waals surface area contributed by atoms with Crippen LogP contribution >= 0.6 is 0 Å². The molecule has 0 aliphatic heterocycles. The summed E-state index contributed by atoms with van der Waals surface area (Å²) < 4.78 is 0. The van der Waals surface area contributed by atoms with Crippen LogP contribution in [0.25, 0.3) is 0 Å². The summed E-state index contributed by atoms with van der Waals surface area (Å²) in [6, 6.07) is 20.8. The summed E-state index contributed by atoms with van der Waals surface area (Å²) in [4.78, 5) is 0. The second-order valence-corrected chi connectivity index (χ2v) is 6.26. The fraction of sp³-hybridized carbons (Fsp3) is 0.400. The van der Waals surface area contributed by atoms with E-state index in [4.69, 9.17) is 0 Å². The maximum Gasteiger partial charge on any atom is 0.0320 e. The third-order valence-electron chi connectivity index (χ3n) is 4.81. The topological polar surface area (TPSA) is 12.0 Å². The summed E-state index contributed by atoms with van der Waals surface area (Å²) >= 11 is 0. The van der Waals surface area contributed by atoms with E-state index < -0.39 is 0 Å². The lowest BCUT2D eigenvalue weighted by molar-refractivity contribution is 0.262. The monoisotopic (exact) mass is 279 g/mol. The van der Waals surface area contributed by atoms with Gasteiger partial charge in [0.2, 0.25) is 0 Å². The smallest absolute Gasteiger partial charge is 0.0320 e. The highest BCUT2D eigenvalue weighted by Gasteiger charge is 2.32. The Hall–Kier alpha value is -1.60. The number of aryl methyl sites for hydroxylation is 1. The Labute approximate surface area is 128 Å². The van der Waals surface area contributed by atoms with Crippen molar-refractivity contribution >= 4 is 0 Å². The van der Waals surface area contributed by atoms with E-state index in [0.717, 1.165) is 12.3 Å². The highest BCUT2D eigenvalue weighted by molar-refractivity contribution is 5.31. The van der Waals surface area contributed by atoms with Crippen molar-refractivity contribution < 1.29 is 0 Å². The Morgan fingerprint density at radius 2 is 1.67 bits per heavy atom. The van der Waals surface area contributed by atoms with Gasteiger partial charge in [-0.15, -0.1) is 0 Å². The van der Waals surface area contributed by atoms with E-state index in [2.05, 4.69) is 73.8 Å². The molecule has 0 heterocycles. The molecule has 1 atom stereocenters. The van der Waals surface area contributed by atoms with Gasteiger partial charge in [0.1, 0.15) is 0 Å². The Morgan fingerprint density at radius 3 is 2.33 bits per heavy atom. The fourth-order valence-corrected chi connectivity index (χ4v) is 3.47. The highest BCUT2D eigenvalue weighted by Crippen LogP contribution is 2.39. The summed E-state index contributed by atoms with van der Waals surface area (Å²) in [6.07, 6.45) is 3.69. The van der Waals surface area contributed by atoms with Crippen molar-refractivity contribution in [3.05, 3.63) is 71.3 Å². The molecule has 1 heteroatoms. The average Bonchev–Trinajstić information content (AvgIpc) is 2.48. The lowest BCUT2D eigenvalue weighted by Crippen LogP contribution is -2.42. The molecular formula is C20H25N. The van der Waals surface area contributed by atoms with Crippen LogP contribution in [0.2, 0.25) is 0 Å². The Morgan fingerprint density at radius 1 is 1.00 bits per heavy atom. The van der Waals surface area contributed by atoms with Crippen LogP contribution in [0.15, 0.2) is 54.6 Å². The van der Waals surface area contributed by atoms with Crippen molar-refractivity contribution in [2.45, 2.75) is 51.1 Å². The van der Waals surface area contributed by atoms with Gasteiger partial charge in [0, 0.05) is 12.1 Å². The Bertz CT molecular complexity index is 569. The van der Waals surface area contributed by atoms with Crippen molar-refractivity contribution in [2.24, 2.45) is 0 Å².